The van der Waals surface area contributed by atoms with Crippen LogP contribution in [0.5, 0.6) is 0 Å². The van der Waals surface area contributed by atoms with E-state index in [2.05, 4.69) is 39.3 Å². The van der Waals surface area contributed by atoms with Gasteiger partial charge in [0.15, 0.2) is 0 Å². The van der Waals surface area contributed by atoms with Gasteiger partial charge in [0.2, 0.25) is 0 Å². The molecule has 1 saturated heterocycles. The Morgan fingerprint density at radius 3 is 2.73 bits per heavy atom. The van der Waals surface area contributed by atoms with Gasteiger partial charge < -0.3 is 10.2 Å². The van der Waals surface area contributed by atoms with Crippen molar-refractivity contribution in [1.29, 1.82) is 0 Å². The average molecular weight is 447 g/mol. The third-order valence-corrected chi connectivity index (χ3v) is 6.05. The highest BCUT2D eigenvalue weighted by Crippen LogP contribution is 2.26. The predicted molar refractivity (Wildman–Crippen MR) is 125 cm³/mol. The van der Waals surface area contributed by atoms with Crippen LogP contribution in [-0.4, -0.2) is 50.0 Å². The van der Waals surface area contributed by atoms with E-state index in [0.717, 1.165) is 24.1 Å². The fourth-order valence-electron chi connectivity index (χ4n) is 4.05. The Kier molecular flexibility index (Phi) is 6.82. The molecule has 1 aromatic carbocycles. The van der Waals surface area contributed by atoms with Crippen LogP contribution in [0.2, 0.25) is 0 Å². The molecule has 1 aliphatic heterocycles. The minimum Gasteiger partial charge on any atom is -0.348 e. The fraction of sp³-hybridized carbons (Fsp3) is 0.400. The number of likely N-dealkylation sites (tertiary alicyclic amines) is 1. The Balaban J connectivity index is 1.41. The van der Waals surface area contributed by atoms with Gasteiger partial charge in [-0.05, 0) is 37.3 Å². The summed E-state index contributed by atoms with van der Waals surface area (Å²) in [4.78, 5) is 36.5. The van der Waals surface area contributed by atoms with Crippen molar-refractivity contribution >= 4 is 11.8 Å². The molecule has 8 nitrogen and oxygen atoms in total. The summed E-state index contributed by atoms with van der Waals surface area (Å²) in [5.41, 5.74) is 3.54. The number of aryl methyl sites for hydroxylation is 1. The maximum Gasteiger partial charge on any atom is 0.274 e. The zero-order valence-electron chi connectivity index (χ0n) is 19.3. The lowest BCUT2D eigenvalue weighted by atomic mass is 9.96. The van der Waals surface area contributed by atoms with Crippen LogP contribution in [0.15, 0.2) is 42.6 Å². The van der Waals surface area contributed by atoms with Gasteiger partial charge in [0.05, 0.1) is 11.3 Å². The first-order chi connectivity index (χ1) is 15.9. The number of rotatable bonds is 6. The second-order valence-electron chi connectivity index (χ2n) is 8.85. The summed E-state index contributed by atoms with van der Waals surface area (Å²) in [5, 5.41) is 10.1. The SMILES string of the molecule is Cc1nc([C@@H]2CCCN(C(=O)c3cc(C(C)C)[nH]n3)C2)ncc1C(=O)NCc1ccccc1. The van der Waals surface area contributed by atoms with Gasteiger partial charge in [-0.3, -0.25) is 14.7 Å². The van der Waals surface area contributed by atoms with Crippen LogP contribution < -0.4 is 5.32 Å². The molecule has 0 aliphatic carbocycles. The maximum absolute atomic E-state index is 13.0. The molecule has 3 aromatic rings. The summed E-state index contributed by atoms with van der Waals surface area (Å²) in [6.07, 6.45) is 3.38. The molecule has 0 bridgehead atoms. The third kappa shape index (κ3) is 5.27. The van der Waals surface area contributed by atoms with Gasteiger partial charge in [-0.15, -0.1) is 0 Å². The van der Waals surface area contributed by atoms with E-state index in [9.17, 15) is 9.59 Å². The quantitative estimate of drug-likeness (QED) is 0.602. The van der Waals surface area contributed by atoms with E-state index in [0.29, 0.717) is 42.4 Å². The lowest BCUT2D eigenvalue weighted by Gasteiger charge is -2.31. The molecule has 3 heterocycles. The topological polar surface area (TPSA) is 104 Å². The van der Waals surface area contributed by atoms with E-state index in [4.69, 9.17) is 0 Å². The molecule has 0 radical (unpaired) electrons. The molecule has 33 heavy (non-hydrogen) atoms. The lowest BCUT2D eigenvalue weighted by Crippen LogP contribution is -2.39. The molecule has 2 amide bonds. The fourth-order valence-corrected chi connectivity index (χ4v) is 4.05. The van der Waals surface area contributed by atoms with Gasteiger partial charge in [-0.2, -0.15) is 5.10 Å². The molecule has 2 aromatic heterocycles. The van der Waals surface area contributed by atoms with Crippen molar-refractivity contribution in [1.82, 2.24) is 30.4 Å². The minimum absolute atomic E-state index is 0.0336. The number of hydrogen-bond donors (Lipinski definition) is 2. The molecular formula is C25H30N6O2. The number of nitrogens with one attached hydrogen (secondary N) is 2. The van der Waals surface area contributed by atoms with Crippen molar-refractivity contribution in [2.45, 2.75) is 52.0 Å². The molecule has 0 spiro atoms. The van der Waals surface area contributed by atoms with Crippen LogP contribution in [0.4, 0.5) is 0 Å². The first kappa shape index (κ1) is 22.6. The number of H-pyrrole nitrogens is 1. The smallest absolute Gasteiger partial charge is 0.274 e. The highest BCUT2D eigenvalue weighted by atomic mass is 16.2. The first-order valence-electron chi connectivity index (χ1n) is 11.4. The number of carbonyl (C=O) groups excluding carboxylic acids is 2. The Labute approximate surface area is 193 Å². The van der Waals surface area contributed by atoms with Crippen LogP contribution >= 0.6 is 0 Å². The highest BCUT2D eigenvalue weighted by molar-refractivity contribution is 5.95. The van der Waals surface area contributed by atoms with Gasteiger partial charge in [0, 0.05) is 37.4 Å². The van der Waals surface area contributed by atoms with Crippen molar-refractivity contribution in [3.05, 3.63) is 76.6 Å². The standard InChI is InChI=1S/C25H30N6O2/c1-16(2)21-12-22(30-29-21)25(33)31-11-7-10-19(15-31)23-26-14-20(17(3)28-23)24(32)27-13-18-8-5-4-6-9-18/h4-6,8-9,12,14,16,19H,7,10-11,13,15H2,1-3H3,(H,27,32)(H,29,30)/t19-/m1/s1. The van der Waals surface area contributed by atoms with Gasteiger partial charge >= 0.3 is 0 Å². The maximum atomic E-state index is 13.0. The third-order valence-electron chi connectivity index (χ3n) is 6.05. The summed E-state index contributed by atoms with van der Waals surface area (Å²) in [6, 6.07) is 11.6. The largest absolute Gasteiger partial charge is 0.348 e. The normalized spacial score (nSPS) is 16.1. The second kappa shape index (κ2) is 9.94. The van der Waals surface area contributed by atoms with Crippen LogP contribution in [0, 0.1) is 6.92 Å². The van der Waals surface area contributed by atoms with Crippen molar-refractivity contribution < 1.29 is 9.59 Å². The summed E-state index contributed by atoms with van der Waals surface area (Å²) in [7, 11) is 0. The van der Waals surface area contributed by atoms with Crippen molar-refractivity contribution in [2.75, 3.05) is 13.1 Å². The number of nitrogens with zero attached hydrogens (tertiary/aromatic N) is 4. The minimum atomic E-state index is -0.192. The van der Waals surface area contributed by atoms with Gasteiger partial charge in [-0.25, -0.2) is 9.97 Å². The number of piperidine rings is 1. The molecule has 1 fully saturated rings. The van der Waals surface area contributed by atoms with Crippen LogP contribution in [0.1, 0.15) is 82.1 Å². The van der Waals surface area contributed by atoms with Crippen LogP contribution in [0.25, 0.3) is 0 Å². The molecule has 1 aliphatic rings. The molecular weight excluding hydrogens is 416 g/mol. The Morgan fingerprint density at radius 1 is 1.24 bits per heavy atom. The van der Waals surface area contributed by atoms with Crippen LogP contribution in [0.3, 0.4) is 0 Å². The molecule has 2 N–H and O–H groups in total. The molecule has 0 saturated carbocycles. The number of hydrogen-bond acceptors (Lipinski definition) is 5. The van der Waals surface area contributed by atoms with E-state index in [1.165, 1.54) is 0 Å². The number of aromatic nitrogens is 4. The monoisotopic (exact) mass is 446 g/mol. The van der Waals surface area contributed by atoms with Gasteiger partial charge in [0.25, 0.3) is 11.8 Å². The Bertz CT molecular complexity index is 1120. The van der Waals surface area contributed by atoms with Crippen LogP contribution in [-0.2, 0) is 6.54 Å². The van der Waals surface area contributed by atoms with E-state index in [1.54, 1.807) is 6.20 Å². The van der Waals surface area contributed by atoms with E-state index >= 15 is 0 Å². The highest BCUT2D eigenvalue weighted by Gasteiger charge is 2.29. The lowest BCUT2D eigenvalue weighted by molar-refractivity contribution is 0.0698. The molecule has 8 heteroatoms. The summed E-state index contributed by atoms with van der Waals surface area (Å²) >= 11 is 0. The molecule has 172 valence electrons. The van der Waals surface area contributed by atoms with Gasteiger partial charge in [-0.1, -0.05) is 44.2 Å². The van der Waals surface area contributed by atoms with E-state index in [-0.39, 0.29) is 23.7 Å². The zero-order chi connectivity index (χ0) is 23.4. The Hall–Kier alpha value is -3.55. The summed E-state index contributed by atoms with van der Waals surface area (Å²) in [5.74, 6) is 0.730. The predicted octanol–water partition coefficient (Wildman–Crippen LogP) is 3.58. The second-order valence-corrected chi connectivity index (χ2v) is 8.85. The van der Waals surface area contributed by atoms with Crippen molar-refractivity contribution in [3.63, 3.8) is 0 Å². The number of aromatic amines is 1. The first-order valence-corrected chi connectivity index (χ1v) is 11.4. The summed E-state index contributed by atoms with van der Waals surface area (Å²) in [6.45, 7) is 7.63. The van der Waals surface area contributed by atoms with Crippen molar-refractivity contribution in [2.24, 2.45) is 0 Å². The molecule has 4 rings (SSSR count). The number of amides is 2. The zero-order valence-corrected chi connectivity index (χ0v) is 19.3. The van der Waals surface area contributed by atoms with Crippen molar-refractivity contribution in [3.8, 4) is 0 Å². The molecule has 1 atom stereocenters. The number of benzene rings is 1. The molecule has 0 unspecified atom stereocenters. The number of carbonyl (C=O) groups is 2. The summed E-state index contributed by atoms with van der Waals surface area (Å²) < 4.78 is 0. The van der Waals surface area contributed by atoms with E-state index in [1.807, 2.05) is 48.2 Å². The average Bonchev–Trinajstić information content (AvgIpc) is 3.33. The van der Waals surface area contributed by atoms with E-state index < -0.39 is 0 Å². The van der Waals surface area contributed by atoms with Gasteiger partial charge in [0.1, 0.15) is 11.5 Å². The Morgan fingerprint density at radius 2 is 2.03 bits per heavy atom.